The van der Waals surface area contributed by atoms with Gasteiger partial charge in [-0.25, -0.2) is 4.39 Å². The number of aliphatic carboxylic acids is 1. The molecule has 0 fully saturated rings. The molecule has 6 nitrogen and oxygen atoms in total. The minimum Gasteiger partial charge on any atom is -0.481 e. The van der Waals surface area contributed by atoms with E-state index >= 15 is 0 Å². The molecule has 0 radical (unpaired) electrons. The number of halogens is 1. The number of rotatable bonds is 5. The molecule has 27 heavy (non-hydrogen) atoms. The highest BCUT2D eigenvalue weighted by Gasteiger charge is 2.34. The Balaban J connectivity index is 1.74. The Bertz CT molecular complexity index is 909. The third-order valence-electron chi connectivity index (χ3n) is 4.36. The van der Waals surface area contributed by atoms with Crippen LogP contribution < -0.4 is 10.6 Å². The number of nitrogens with one attached hydrogen (secondary N) is 2. The van der Waals surface area contributed by atoms with Crippen LogP contribution in [0.25, 0.3) is 0 Å². The maximum absolute atomic E-state index is 13.7. The fourth-order valence-corrected chi connectivity index (χ4v) is 3.71. The van der Waals surface area contributed by atoms with Gasteiger partial charge in [-0.3, -0.25) is 14.4 Å². The van der Waals surface area contributed by atoms with E-state index in [0.717, 1.165) is 11.3 Å². The molecule has 1 aromatic carbocycles. The summed E-state index contributed by atoms with van der Waals surface area (Å²) in [5.74, 6) is -4.11. The van der Waals surface area contributed by atoms with E-state index in [0.29, 0.717) is 17.8 Å². The lowest BCUT2D eigenvalue weighted by molar-refractivity contribution is -0.146. The van der Waals surface area contributed by atoms with Gasteiger partial charge in [-0.2, -0.15) is 0 Å². The van der Waals surface area contributed by atoms with Crippen LogP contribution in [-0.4, -0.2) is 22.9 Å². The van der Waals surface area contributed by atoms with Gasteiger partial charge in [0, 0.05) is 0 Å². The Morgan fingerprint density at radius 3 is 2.44 bits per heavy atom. The Labute approximate surface area is 158 Å². The first kappa shape index (κ1) is 18.8. The highest BCUT2D eigenvalue weighted by molar-refractivity contribution is 7.14. The fraction of sp³-hybridized carbons (Fsp3) is 0.211. The van der Waals surface area contributed by atoms with Crippen LogP contribution in [0.15, 0.2) is 47.9 Å². The van der Waals surface area contributed by atoms with Crippen molar-refractivity contribution < 1.29 is 23.9 Å². The number of anilines is 2. The number of carbonyl (C=O) groups is 3. The first-order valence-corrected chi connectivity index (χ1v) is 9.17. The number of carboxylic acid groups (broad SMARTS) is 1. The Morgan fingerprint density at radius 1 is 1.04 bits per heavy atom. The standard InChI is InChI=1S/C19H17FN2O4S/c20-14-7-3-4-8-15(14)21-17(24)13-9-10-27-18(13)22-16(23)11-5-1-2-6-12(11)19(25)26/h1-4,7-12H,5-6H2,(H,21,24)(H,22,23)(H,25,26)/t11-,12-/m0/s1. The number of thiophene rings is 1. The molecule has 3 N–H and O–H groups in total. The largest absolute Gasteiger partial charge is 0.481 e. The molecular weight excluding hydrogens is 371 g/mol. The highest BCUT2D eigenvalue weighted by Crippen LogP contribution is 2.30. The highest BCUT2D eigenvalue weighted by atomic mass is 32.1. The van der Waals surface area contributed by atoms with E-state index < -0.39 is 35.4 Å². The first-order chi connectivity index (χ1) is 13.0. The molecular formula is C19H17FN2O4S. The number of hydrogen-bond donors (Lipinski definition) is 3. The van der Waals surface area contributed by atoms with Crippen LogP contribution in [-0.2, 0) is 9.59 Å². The van der Waals surface area contributed by atoms with Crippen LogP contribution in [0.3, 0.4) is 0 Å². The first-order valence-electron chi connectivity index (χ1n) is 8.29. The average molecular weight is 388 g/mol. The lowest BCUT2D eigenvalue weighted by Gasteiger charge is -2.24. The Kier molecular flexibility index (Phi) is 5.66. The number of benzene rings is 1. The summed E-state index contributed by atoms with van der Waals surface area (Å²) in [5, 5.41) is 16.4. The predicted octanol–water partition coefficient (Wildman–Crippen LogP) is 3.75. The van der Waals surface area contributed by atoms with E-state index in [2.05, 4.69) is 10.6 Å². The van der Waals surface area contributed by atoms with Crippen molar-refractivity contribution in [2.24, 2.45) is 11.8 Å². The summed E-state index contributed by atoms with van der Waals surface area (Å²) in [6.07, 6.45) is 4.15. The predicted molar refractivity (Wildman–Crippen MR) is 100 cm³/mol. The van der Waals surface area contributed by atoms with Gasteiger partial charge in [-0.1, -0.05) is 24.3 Å². The SMILES string of the molecule is O=C(Nc1ccccc1F)c1ccsc1NC(=O)[C@H]1CC=CC[C@@H]1C(=O)O. The van der Waals surface area contributed by atoms with Gasteiger partial charge in [-0.05, 0) is 36.4 Å². The van der Waals surface area contributed by atoms with Crippen molar-refractivity contribution in [3.63, 3.8) is 0 Å². The quantitative estimate of drug-likeness (QED) is 0.680. The molecule has 0 saturated heterocycles. The van der Waals surface area contributed by atoms with Crippen molar-refractivity contribution >= 4 is 39.8 Å². The number of hydrogen-bond acceptors (Lipinski definition) is 4. The third-order valence-corrected chi connectivity index (χ3v) is 5.18. The Hall–Kier alpha value is -3.00. The second-order valence-corrected chi connectivity index (χ2v) is 7.00. The smallest absolute Gasteiger partial charge is 0.307 e. The maximum atomic E-state index is 13.7. The van der Waals surface area contributed by atoms with Gasteiger partial charge in [0.15, 0.2) is 0 Å². The van der Waals surface area contributed by atoms with Gasteiger partial charge in [0.05, 0.1) is 23.1 Å². The second kappa shape index (κ2) is 8.13. The van der Waals surface area contributed by atoms with Crippen molar-refractivity contribution in [1.82, 2.24) is 0 Å². The van der Waals surface area contributed by atoms with E-state index in [4.69, 9.17) is 0 Å². The summed E-state index contributed by atoms with van der Waals surface area (Å²) >= 11 is 1.14. The van der Waals surface area contributed by atoms with Gasteiger partial charge in [0.25, 0.3) is 5.91 Å². The van der Waals surface area contributed by atoms with Crippen molar-refractivity contribution in [1.29, 1.82) is 0 Å². The van der Waals surface area contributed by atoms with Gasteiger partial charge < -0.3 is 15.7 Å². The van der Waals surface area contributed by atoms with E-state index in [1.54, 1.807) is 23.6 Å². The normalized spacial score (nSPS) is 18.7. The van der Waals surface area contributed by atoms with Crippen LogP contribution in [0.5, 0.6) is 0 Å². The van der Waals surface area contributed by atoms with Crippen LogP contribution in [0, 0.1) is 17.7 Å². The molecule has 0 saturated carbocycles. The second-order valence-electron chi connectivity index (χ2n) is 6.08. The van der Waals surface area contributed by atoms with Gasteiger partial charge in [0.2, 0.25) is 5.91 Å². The van der Waals surface area contributed by atoms with Crippen LogP contribution in [0.4, 0.5) is 15.1 Å². The van der Waals surface area contributed by atoms with Gasteiger partial charge >= 0.3 is 5.97 Å². The lowest BCUT2D eigenvalue weighted by atomic mass is 9.82. The maximum Gasteiger partial charge on any atom is 0.307 e. The summed E-state index contributed by atoms with van der Waals surface area (Å²) in [7, 11) is 0. The molecule has 0 aliphatic heterocycles. The summed E-state index contributed by atoms with van der Waals surface area (Å²) in [5.41, 5.74) is 0.226. The van der Waals surface area contributed by atoms with Crippen LogP contribution >= 0.6 is 11.3 Å². The topological polar surface area (TPSA) is 95.5 Å². The summed E-state index contributed by atoms with van der Waals surface area (Å²) in [6, 6.07) is 7.29. The van der Waals surface area contributed by atoms with Crippen LogP contribution in [0.1, 0.15) is 23.2 Å². The number of para-hydroxylation sites is 1. The zero-order chi connectivity index (χ0) is 19.4. The van der Waals surface area contributed by atoms with E-state index in [1.807, 2.05) is 0 Å². The molecule has 0 bridgehead atoms. The zero-order valence-electron chi connectivity index (χ0n) is 14.1. The molecule has 8 heteroatoms. The molecule has 1 aromatic heterocycles. The van der Waals surface area contributed by atoms with Crippen molar-refractivity contribution in [3.8, 4) is 0 Å². The van der Waals surface area contributed by atoms with Crippen molar-refractivity contribution in [2.75, 3.05) is 10.6 Å². The van der Waals surface area contributed by atoms with E-state index in [9.17, 15) is 23.9 Å². The van der Waals surface area contributed by atoms with Gasteiger partial charge in [0.1, 0.15) is 10.8 Å². The number of allylic oxidation sites excluding steroid dienone is 2. The number of carboxylic acids is 1. The Morgan fingerprint density at radius 2 is 1.74 bits per heavy atom. The summed E-state index contributed by atoms with van der Waals surface area (Å²) < 4.78 is 13.7. The third kappa shape index (κ3) is 4.22. The molecule has 1 aliphatic rings. The van der Waals surface area contributed by atoms with Gasteiger partial charge in [-0.15, -0.1) is 11.3 Å². The minimum atomic E-state index is -1.02. The molecule has 3 rings (SSSR count). The number of carbonyl (C=O) groups excluding carboxylic acids is 2. The zero-order valence-corrected chi connectivity index (χ0v) is 15.0. The van der Waals surface area contributed by atoms with Crippen molar-refractivity contribution in [2.45, 2.75) is 12.8 Å². The minimum absolute atomic E-state index is 0.0364. The van der Waals surface area contributed by atoms with E-state index in [1.165, 1.54) is 24.3 Å². The summed E-state index contributed by atoms with van der Waals surface area (Å²) in [4.78, 5) is 36.4. The molecule has 140 valence electrons. The summed E-state index contributed by atoms with van der Waals surface area (Å²) in [6.45, 7) is 0. The molecule has 2 amide bonds. The molecule has 0 unspecified atom stereocenters. The fourth-order valence-electron chi connectivity index (χ4n) is 2.92. The molecule has 2 aromatic rings. The number of amides is 2. The molecule has 1 heterocycles. The lowest BCUT2D eigenvalue weighted by Crippen LogP contribution is -2.34. The van der Waals surface area contributed by atoms with Crippen molar-refractivity contribution in [3.05, 3.63) is 59.2 Å². The molecule has 0 spiro atoms. The molecule has 1 aliphatic carbocycles. The molecule has 2 atom stereocenters. The monoisotopic (exact) mass is 388 g/mol. The average Bonchev–Trinajstić information content (AvgIpc) is 3.11. The van der Waals surface area contributed by atoms with E-state index in [-0.39, 0.29) is 11.3 Å². The van der Waals surface area contributed by atoms with Crippen LogP contribution in [0.2, 0.25) is 0 Å².